The highest BCUT2D eigenvalue weighted by Crippen LogP contribution is 2.39. The van der Waals surface area contributed by atoms with E-state index in [2.05, 4.69) is 33.5 Å². The smallest absolute Gasteiger partial charge is 0.231 e. The van der Waals surface area contributed by atoms with Crippen LogP contribution < -0.4 is 15.5 Å². The van der Waals surface area contributed by atoms with Gasteiger partial charge in [-0.3, -0.25) is 0 Å². The Balaban J connectivity index is 1.44. The fourth-order valence-electron chi connectivity index (χ4n) is 5.19. The lowest BCUT2D eigenvalue weighted by Crippen LogP contribution is -2.43. The predicted molar refractivity (Wildman–Crippen MR) is 133 cm³/mol. The van der Waals surface area contributed by atoms with Crippen LogP contribution in [-0.2, 0) is 5.41 Å². The SMILES string of the molecule is Cc1cc(N2CCCCC2C)nc(NC(=S)NCC2(c3ccc(F)cc3)CCCCC2)n1. The van der Waals surface area contributed by atoms with Crippen LogP contribution in [0.25, 0.3) is 0 Å². The van der Waals surface area contributed by atoms with Gasteiger partial charge in [-0.05, 0) is 75.9 Å². The van der Waals surface area contributed by atoms with Crippen molar-refractivity contribution >= 4 is 29.1 Å². The number of nitrogens with one attached hydrogen (secondary N) is 2. The van der Waals surface area contributed by atoms with Crippen molar-refractivity contribution in [3.63, 3.8) is 0 Å². The van der Waals surface area contributed by atoms with Gasteiger partial charge >= 0.3 is 0 Å². The van der Waals surface area contributed by atoms with Gasteiger partial charge in [-0.15, -0.1) is 0 Å². The summed E-state index contributed by atoms with van der Waals surface area (Å²) in [6, 6.07) is 9.51. The van der Waals surface area contributed by atoms with E-state index in [1.165, 1.54) is 44.1 Å². The summed E-state index contributed by atoms with van der Waals surface area (Å²) in [7, 11) is 0. The average Bonchev–Trinajstić information content (AvgIpc) is 2.79. The maximum atomic E-state index is 13.5. The van der Waals surface area contributed by atoms with Crippen LogP contribution >= 0.6 is 12.2 Å². The van der Waals surface area contributed by atoms with Gasteiger partial charge in [0.25, 0.3) is 0 Å². The molecule has 0 spiro atoms. The zero-order chi connectivity index (χ0) is 22.6. The van der Waals surface area contributed by atoms with E-state index < -0.39 is 0 Å². The van der Waals surface area contributed by atoms with E-state index in [0.29, 0.717) is 23.6 Å². The van der Waals surface area contributed by atoms with Gasteiger partial charge in [0, 0.05) is 36.3 Å². The first kappa shape index (κ1) is 22.9. The topological polar surface area (TPSA) is 53.1 Å². The number of benzene rings is 1. The summed E-state index contributed by atoms with van der Waals surface area (Å²) >= 11 is 5.62. The van der Waals surface area contributed by atoms with Gasteiger partial charge in [-0.25, -0.2) is 9.37 Å². The predicted octanol–water partition coefficient (Wildman–Crippen LogP) is 5.49. The number of nitrogens with zero attached hydrogens (tertiary/aromatic N) is 3. The second kappa shape index (κ2) is 10.1. The quantitative estimate of drug-likeness (QED) is 0.582. The average molecular weight is 456 g/mol. The minimum atomic E-state index is -0.194. The van der Waals surface area contributed by atoms with E-state index in [1.54, 1.807) is 12.1 Å². The second-order valence-electron chi connectivity index (χ2n) is 9.38. The molecule has 0 radical (unpaired) electrons. The molecule has 5 nitrogen and oxygen atoms in total. The molecule has 1 aliphatic carbocycles. The van der Waals surface area contributed by atoms with E-state index >= 15 is 0 Å². The van der Waals surface area contributed by atoms with E-state index in [0.717, 1.165) is 30.9 Å². The number of aromatic nitrogens is 2. The van der Waals surface area contributed by atoms with Gasteiger partial charge in [-0.2, -0.15) is 4.98 Å². The Morgan fingerprint density at radius 1 is 1.12 bits per heavy atom. The summed E-state index contributed by atoms with van der Waals surface area (Å²) < 4.78 is 13.5. The summed E-state index contributed by atoms with van der Waals surface area (Å²) in [5.74, 6) is 1.31. The zero-order valence-corrected chi connectivity index (χ0v) is 20.0. The van der Waals surface area contributed by atoms with Crippen molar-refractivity contribution in [2.75, 3.05) is 23.3 Å². The summed E-state index contributed by atoms with van der Waals surface area (Å²) in [6.07, 6.45) is 9.42. The number of halogens is 1. The van der Waals surface area contributed by atoms with Gasteiger partial charge in [0.15, 0.2) is 5.11 Å². The van der Waals surface area contributed by atoms with Crippen LogP contribution in [0.3, 0.4) is 0 Å². The van der Waals surface area contributed by atoms with Gasteiger partial charge in [-0.1, -0.05) is 31.4 Å². The molecule has 1 aliphatic heterocycles. The van der Waals surface area contributed by atoms with Crippen LogP contribution in [0.15, 0.2) is 30.3 Å². The standard InChI is InChI=1S/C25H34FN5S/c1-18-16-22(31-15-7-4-8-19(31)2)29-23(28-18)30-24(32)27-17-25(13-5-3-6-14-25)20-9-11-21(26)12-10-20/h9-12,16,19H,3-8,13-15,17H2,1-2H3,(H2,27,28,29,30,32). The molecule has 1 aromatic carbocycles. The van der Waals surface area contributed by atoms with Crippen LogP contribution in [0.4, 0.5) is 16.2 Å². The highest BCUT2D eigenvalue weighted by molar-refractivity contribution is 7.80. The third kappa shape index (κ3) is 5.37. The van der Waals surface area contributed by atoms with Crippen LogP contribution in [0.5, 0.6) is 0 Å². The number of hydrogen-bond acceptors (Lipinski definition) is 4. The number of rotatable bonds is 5. The maximum Gasteiger partial charge on any atom is 0.231 e. The summed E-state index contributed by atoms with van der Waals surface area (Å²) in [4.78, 5) is 11.7. The minimum Gasteiger partial charge on any atom is -0.361 e. The third-order valence-corrected chi connectivity index (χ3v) is 7.26. The van der Waals surface area contributed by atoms with E-state index in [9.17, 15) is 4.39 Å². The number of piperidine rings is 1. The molecule has 172 valence electrons. The Bertz CT molecular complexity index is 926. The normalized spacial score (nSPS) is 20.6. The molecule has 32 heavy (non-hydrogen) atoms. The minimum absolute atomic E-state index is 0.0282. The molecule has 1 saturated carbocycles. The third-order valence-electron chi connectivity index (χ3n) is 7.02. The van der Waals surface area contributed by atoms with Gasteiger partial charge in [0.2, 0.25) is 5.95 Å². The Hall–Kier alpha value is -2.28. The van der Waals surface area contributed by atoms with Crippen LogP contribution in [0, 0.1) is 12.7 Å². The molecular formula is C25H34FN5S. The van der Waals surface area contributed by atoms with Crippen molar-refractivity contribution < 1.29 is 4.39 Å². The zero-order valence-electron chi connectivity index (χ0n) is 19.2. The number of hydrogen-bond donors (Lipinski definition) is 2. The van der Waals surface area contributed by atoms with Crippen molar-refractivity contribution in [2.24, 2.45) is 0 Å². The Kier molecular flexibility index (Phi) is 7.23. The first-order valence-electron chi connectivity index (χ1n) is 11.9. The molecule has 1 unspecified atom stereocenters. The molecule has 0 bridgehead atoms. The Morgan fingerprint density at radius 3 is 2.59 bits per heavy atom. The maximum absolute atomic E-state index is 13.5. The van der Waals surface area contributed by atoms with E-state index in [-0.39, 0.29) is 11.2 Å². The van der Waals surface area contributed by atoms with Gasteiger partial charge < -0.3 is 15.5 Å². The molecular weight excluding hydrogens is 421 g/mol. The van der Waals surface area contributed by atoms with E-state index in [4.69, 9.17) is 17.2 Å². The molecule has 1 aromatic heterocycles. The molecule has 2 aliphatic rings. The molecule has 2 N–H and O–H groups in total. The van der Waals surface area contributed by atoms with Crippen LogP contribution in [0.1, 0.15) is 69.5 Å². The van der Waals surface area contributed by atoms with Crippen molar-refractivity contribution in [1.29, 1.82) is 0 Å². The molecule has 7 heteroatoms. The summed E-state index contributed by atoms with van der Waals surface area (Å²) in [6.45, 7) is 5.99. The van der Waals surface area contributed by atoms with Crippen molar-refractivity contribution in [1.82, 2.24) is 15.3 Å². The van der Waals surface area contributed by atoms with Crippen LogP contribution in [0.2, 0.25) is 0 Å². The highest BCUT2D eigenvalue weighted by Gasteiger charge is 2.34. The second-order valence-corrected chi connectivity index (χ2v) is 9.79. The first-order chi connectivity index (χ1) is 15.4. The highest BCUT2D eigenvalue weighted by atomic mass is 32.1. The molecule has 2 fully saturated rings. The van der Waals surface area contributed by atoms with Gasteiger partial charge in [0.05, 0.1) is 0 Å². The molecule has 2 aromatic rings. The Labute approximate surface area is 196 Å². The number of anilines is 2. The largest absolute Gasteiger partial charge is 0.361 e. The molecule has 1 atom stereocenters. The van der Waals surface area contributed by atoms with E-state index in [1.807, 2.05) is 19.1 Å². The summed E-state index contributed by atoms with van der Waals surface area (Å²) in [5, 5.41) is 7.15. The monoisotopic (exact) mass is 455 g/mol. The lowest BCUT2D eigenvalue weighted by atomic mass is 9.69. The fourth-order valence-corrected chi connectivity index (χ4v) is 5.35. The number of thiocarbonyl (C=S) groups is 1. The van der Waals surface area contributed by atoms with Crippen molar-refractivity contribution in [2.45, 2.75) is 76.7 Å². The molecule has 2 heterocycles. The fraction of sp³-hybridized carbons (Fsp3) is 0.560. The lowest BCUT2D eigenvalue weighted by Gasteiger charge is -2.38. The molecule has 4 rings (SSSR count). The lowest BCUT2D eigenvalue weighted by molar-refractivity contribution is 0.292. The van der Waals surface area contributed by atoms with Crippen molar-refractivity contribution in [3.05, 3.63) is 47.4 Å². The molecule has 0 amide bonds. The van der Waals surface area contributed by atoms with Crippen molar-refractivity contribution in [3.8, 4) is 0 Å². The molecule has 1 saturated heterocycles. The number of aryl methyl sites for hydroxylation is 1. The Morgan fingerprint density at radius 2 is 1.88 bits per heavy atom. The first-order valence-corrected chi connectivity index (χ1v) is 12.3. The summed E-state index contributed by atoms with van der Waals surface area (Å²) in [5.41, 5.74) is 2.08. The van der Waals surface area contributed by atoms with Gasteiger partial charge in [0.1, 0.15) is 11.6 Å². The van der Waals surface area contributed by atoms with Crippen LogP contribution in [-0.4, -0.2) is 34.2 Å².